The zero-order valence-electron chi connectivity index (χ0n) is 16.6. The minimum atomic E-state index is -4.46. The van der Waals surface area contributed by atoms with Crippen LogP contribution in [0.3, 0.4) is 0 Å². The van der Waals surface area contributed by atoms with Crippen LogP contribution in [0.5, 0.6) is 0 Å². The molecule has 1 aromatic carbocycles. The molecule has 0 fully saturated rings. The van der Waals surface area contributed by atoms with Gasteiger partial charge in [0.2, 0.25) is 0 Å². The number of carbonyl (C=O) groups is 2. The number of hydrogen-bond donors (Lipinski definition) is 1. The number of nitrogens with one attached hydrogen (secondary N) is 1. The predicted octanol–water partition coefficient (Wildman–Crippen LogP) is 5.51. The summed E-state index contributed by atoms with van der Waals surface area (Å²) < 4.78 is 42.8. The highest BCUT2D eigenvalue weighted by molar-refractivity contribution is 5.96. The highest BCUT2D eigenvalue weighted by atomic mass is 19.4. The average Bonchev–Trinajstić information content (AvgIpc) is 2.65. The largest absolute Gasteiger partial charge is 0.464 e. The zero-order valence-corrected chi connectivity index (χ0v) is 16.6. The Kier molecular flexibility index (Phi) is 10.6. The molecule has 0 saturated heterocycles. The van der Waals surface area contributed by atoms with E-state index in [1.54, 1.807) is 0 Å². The Balaban J connectivity index is 2.25. The van der Waals surface area contributed by atoms with Crippen molar-refractivity contribution >= 4 is 11.9 Å². The predicted molar refractivity (Wildman–Crippen MR) is 102 cm³/mol. The lowest BCUT2D eigenvalue weighted by molar-refractivity contribution is -0.145. The molecule has 4 nitrogen and oxygen atoms in total. The SMILES string of the molecule is CCCCCCCCCCOC(=O)[C@H](C)NC(=O)c1ccc(C(F)(F)F)cc1. The number of halogens is 3. The molecular weight excluding hydrogens is 371 g/mol. The van der Waals surface area contributed by atoms with Gasteiger partial charge in [0.1, 0.15) is 6.04 Å². The lowest BCUT2D eigenvalue weighted by Gasteiger charge is -2.14. The minimum Gasteiger partial charge on any atom is -0.464 e. The van der Waals surface area contributed by atoms with Gasteiger partial charge in [-0.1, -0.05) is 51.9 Å². The second-order valence-electron chi connectivity index (χ2n) is 6.91. The third kappa shape index (κ3) is 9.24. The number of unbranched alkanes of at least 4 members (excludes halogenated alkanes) is 7. The van der Waals surface area contributed by atoms with E-state index in [2.05, 4.69) is 12.2 Å². The van der Waals surface area contributed by atoms with E-state index in [-0.39, 0.29) is 5.56 Å². The van der Waals surface area contributed by atoms with Gasteiger partial charge in [0.15, 0.2) is 0 Å². The molecule has 0 aromatic heterocycles. The molecule has 0 radical (unpaired) electrons. The van der Waals surface area contributed by atoms with E-state index in [0.29, 0.717) is 6.61 Å². The molecule has 0 aliphatic rings. The third-order valence-electron chi connectivity index (χ3n) is 4.42. The normalized spacial score (nSPS) is 12.5. The summed E-state index contributed by atoms with van der Waals surface area (Å²) >= 11 is 0. The number of alkyl halides is 3. The maximum atomic E-state index is 12.5. The van der Waals surface area contributed by atoms with Crippen molar-refractivity contribution in [2.75, 3.05) is 6.61 Å². The Morgan fingerprint density at radius 2 is 1.50 bits per heavy atom. The molecule has 7 heteroatoms. The molecule has 0 saturated carbocycles. The fourth-order valence-electron chi connectivity index (χ4n) is 2.68. The van der Waals surface area contributed by atoms with Crippen LogP contribution in [0.15, 0.2) is 24.3 Å². The van der Waals surface area contributed by atoms with Crippen LogP contribution in [0.1, 0.15) is 81.1 Å². The standard InChI is InChI=1S/C21H30F3NO3/c1-3-4-5-6-7-8-9-10-15-28-20(27)16(2)25-19(26)17-11-13-18(14-12-17)21(22,23)24/h11-14,16H,3-10,15H2,1-2H3,(H,25,26)/t16-/m0/s1. The van der Waals surface area contributed by atoms with E-state index in [1.807, 2.05) is 0 Å². The topological polar surface area (TPSA) is 55.4 Å². The second-order valence-corrected chi connectivity index (χ2v) is 6.91. The first-order valence-electron chi connectivity index (χ1n) is 9.90. The van der Waals surface area contributed by atoms with Crippen LogP contribution < -0.4 is 5.32 Å². The van der Waals surface area contributed by atoms with Crippen molar-refractivity contribution in [2.45, 2.75) is 77.4 Å². The van der Waals surface area contributed by atoms with Gasteiger partial charge in [-0.3, -0.25) is 4.79 Å². The van der Waals surface area contributed by atoms with E-state index < -0.39 is 29.7 Å². The van der Waals surface area contributed by atoms with E-state index in [4.69, 9.17) is 4.74 Å². The Hall–Kier alpha value is -2.05. The summed E-state index contributed by atoms with van der Waals surface area (Å²) in [6, 6.07) is 2.96. The fourth-order valence-corrected chi connectivity index (χ4v) is 2.68. The monoisotopic (exact) mass is 401 g/mol. The van der Waals surface area contributed by atoms with Crippen LogP contribution in [0.4, 0.5) is 13.2 Å². The minimum absolute atomic E-state index is 0.0516. The molecule has 1 rings (SSSR count). The number of amides is 1. The maximum Gasteiger partial charge on any atom is 0.416 e. The first-order valence-corrected chi connectivity index (χ1v) is 9.90. The van der Waals surface area contributed by atoms with Gasteiger partial charge in [0.25, 0.3) is 5.91 Å². The van der Waals surface area contributed by atoms with Crippen LogP contribution >= 0.6 is 0 Å². The van der Waals surface area contributed by atoms with Gasteiger partial charge >= 0.3 is 12.1 Å². The van der Waals surface area contributed by atoms with Crippen LogP contribution in [0, 0.1) is 0 Å². The molecule has 158 valence electrons. The molecule has 0 spiro atoms. The summed E-state index contributed by atoms with van der Waals surface area (Å²) in [5.74, 6) is -1.17. The zero-order chi connectivity index (χ0) is 21.0. The van der Waals surface area contributed by atoms with Crippen molar-refractivity contribution in [2.24, 2.45) is 0 Å². The molecule has 0 unspecified atom stereocenters. The molecule has 1 N–H and O–H groups in total. The van der Waals surface area contributed by atoms with Gasteiger partial charge in [-0.05, 0) is 37.6 Å². The Morgan fingerprint density at radius 1 is 0.964 bits per heavy atom. The van der Waals surface area contributed by atoms with E-state index in [1.165, 1.54) is 39.0 Å². The molecule has 1 amide bonds. The van der Waals surface area contributed by atoms with Crippen LogP contribution in [0.25, 0.3) is 0 Å². The van der Waals surface area contributed by atoms with E-state index in [9.17, 15) is 22.8 Å². The summed E-state index contributed by atoms with van der Waals surface area (Å²) in [4.78, 5) is 24.0. The van der Waals surface area contributed by atoms with Crippen LogP contribution in [-0.4, -0.2) is 24.5 Å². The van der Waals surface area contributed by atoms with Gasteiger partial charge in [0, 0.05) is 5.56 Å². The highest BCUT2D eigenvalue weighted by Crippen LogP contribution is 2.29. The Morgan fingerprint density at radius 3 is 2.04 bits per heavy atom. The third-order valence-corrected chi connectivity index (χ3v) is 4.42. The quantitative estimate of drug-likeness (QED) is 0.371. The van der Waals surface area contributed by atoms with Crippen LogP contribution in [-0.2, 0) is 15.7 Å². The Bertz CT molecular complexity index is 600. The second kappa shape index (κ2) is 12.4. The van der Waals surface area contributed by atoms with Crippen LogP contribution in [0.2, 0.25) is 0 Å². The van der Waals surface area contributed by atoms with E-state index in [0.717, 1.165) is 43.5 Å². The number of esters is 1. The lowest BCUT2D eigenvalue weighted by atomic mass is 10.1. The number of benzene rings is 1. The number of hydrogen-bond acceptors (Lipinski definition) is 3. The molecule has 0 heterocycles. The molecule has 0 aliphatic carbocycles. The molecule has 28 heavy (non-hydrogen) atoms. The molecule has 0 bridgehead atoms. The maximum absolute atomic E-state index is 12.5. The molecular formula is C21H30F3NO3. The lowest BCUT2D eigenvalue weighted by Crippen LogP contribution is -2.39. The number of rotatable bonds is 12. The summed E-state index contributed by atoms with van der Waals surface area (Å²) in [7, 11) is 0. The summed E-state index contributed by atoms with van der Waals surface area (Å²) in [6.07, 6.45) is 4.61. The van der Waals surface area contributed by atoms with Gasteiger partial charge in [-0.25, -0.2) is 4.79 Å². The first kappa shape index (κ1) is 24.0. The molecule has 1 aromatic rings. The van der Waals surface area contributed by atoms with E-state index >= 15 is 0 Å². The van der Waals surface area contributed by atoms with Crippen molar-refractivity contribution in [3.8, 4) is 0 Å². The highest BCUT2D eigenvalue weighted by Gasteiger charge is 2.30. The Labute approximate surface area is 164 Å². The van der Waals surface area contributed by atoms with Gasteiger partial charge in [0.05, 0.1) is 12.2 Å². The molecule has 1 atom stereocenters. The number of ether oxygens (including phenoxy) is 1. The van der Waals surface area contributed by atoms with Gasteiger partial charge in [-0.15, -0.1) is 0 Å². The molecule has 0 aliphatic heterocycles. The van der Waals surface area contributed by atoms with Gasteiger partial charge in [-0.2, -0.15) is 13.2 Å². The number of carbonyl (C=O) groups excluding carboxylic acids is 2. The van der Waals surface area contributed by atoms with Crippen molar-refractivity contribution in [3.05, 3.63) is 35.4 Å². The fraction of sp³-hybridized carbons (Fsp3) is 0.619. The van der Waals surface area contributed by atoms with Crippen molar-refractivity contribution in [1.29, 1.82) is 0 Å². The smallest absolute Gasteiger partial charge is 0.416 e. The van der Waals surface area contributed by atoms with Crippen molar-refractivity contribution in [1.82, 2.24) is 5.32 Å². The summed E-state index contributed by atoms with van der Waals surface area (Å²) in [5.41, 5.74) is -0.780. The van der Waals surface area contributed by atoms with Crippen molar-refractivity contribution in [3.63, 3.8) is 0 Å². The summed E-state index contributed by atoms with van der Waals surface area (Å²) in [6.45, 7) is 3.97. The average molecular weight is 401 g/mol. The summed E-state index contributed by atoms with van der Waals surface area (Å²) in [5, 5.41) is 2.44. The first-order chi connectivity index (χ1) is 13.3. The van der Waals surface area contributed by atoms with Crippen molar-refractivity contribution < 1.29 is 27.5 Å². The van der Waals surface area contributed by atoms with Gasteiger partial charge < -0.3 is 10.1 Å².